The van der Waals surface area contributed by atoms with Gasteiger partial charge in [-0.1, -0.05) is 18.2 Å². The molecule has 0 unspecified atom stereocenters. The number of aromatic hydroxyl groups is 1. The van der Waals surface area contributed by atoms with Gasteiger partial charge in [0.2, 0.25) is 0 Å². The zero-order valence-corrected chi connectivity index (χ0v) is 15.4. The van der Waals surface area contributed by atoms with Crippen molar-refractivity contribution >= 4 is 17.8 Å². The van der Waals surface area contributed by atoms with Crippen LogP contribution in [0.2, 0.25) is 0 Å². The first-order valence-corrected chi connectivity index (χ1v) is 9.07. The summed E-state index contributed by atoms with van der Waals surface area (Å²) in [4.78, 5) is 26.6. The van der Waals surface area contributed by atoms with Crippen molar-refractivity contribution in [3.63, 3.8) is 0 Å². The second-order valence-corrected chi connectivity index (χ2v) is 6.56. The van der Waals surface area contributed by atoms with Crippen LogP contribution in [0.1, 0.15) is 45.5 Å². The van der Waals surface area contributed by atoms with Gasteiger partial charge >= 0.3 is 0 Å². The summed E-state index contributed by atoms with van der Waals surface area (Å²) >= 11 is 0. The van der Waals surface area contributed by atoms with Gasteiger partial charge in [0.1, 0.15) is 11.5 Å². The molecule has 1 N–H and O–H groups in total. The van der Waals surface area contributed by atoms with Gasteiger partial charge in [0, 0.05) is 24.7 Å². The van der Waals surface area contributed by atoms with E-state index in [1.54, 1.807) is 24.3 Å². The summed E-state index contributed by atoms with van der Waals surface area (Å²) in [5.41, 5.74) is 1.68. The maximum Gasteiger partial charge on any atom is 0.253 e. The number of benzene rings is 2. The van der Waals surface area contributed by atoms with Crippen molar-refractivity contribution in [1.29, 1.82) is 0 Å². The number of ether oxygens (including phenoxy) is 1. The molecule has 1 heterocycles. The third-order valence-corrected chi connectivity index (χ3v) is 4.70. The SMILES string of the molecule is COc1ccc(C(=O)/C=C/c2ccc(C(=O)N3CCCCC3)cc2)c(O)c1. The minimum absolute atomic E-state index is 0.0597. The Morgan fingerprint density at radius 1 is 1.04 bits per heavy atom. The predicted molar refractivity (Wildman–Crippen MR) is 104 cm³/mol. The molecule has 1 aliphatic rings. The molecule has 0 aromatic heterocycles. The number of hydrogen-bond donors (Lipinski definition) is 1. The Balaban J connectivity index is 1.67. The Bertz CT molecular complexity index is 849. The molecule has 27 heavy (non-hydrogen) atoms. The maximum atomic E-state index is 12.5. The highest BCUT2D eigenvalue weighted by atomic mass is 16.5. The number of likely N-dealkylation sites (tertiary alicyclic amines) is 1. The first-order valence-electron chi connectivity index (χ1n) is 9.07. The van der Waals surface area contributed by atoms with Gasteiger partial charge in [-0.15, -0.1) is 0 Å². The lowest BCUT2D eigenvalue weighted by molar-refractivity contribution is 0.0724. The minimum atomic E-state index is -0.302. The highest BCUT2D eigenvalue weighted by Gasteiger charge is 2.17. The molecule has 1 saturated heterocycles. The van der Waals surface area contributed by atoms with Gasteiger partial charge in [0.05, 0.1) is 12.7 Å². The molecule has 1 aliphatic heterocycles. The summed E-state index contributed by atoms with van der Waals surface area (Å²) < 4.78 is 5.01. The number of piperidine rings is 1. The van der Waals surface area contributed by atoms with Gasteiger partial charge in [0.25, 0.3) is 5.91 Å². The van der Waals surface area contributed by atoms with Crippen LogP contribution in [0.15, 0.2) is 48.5 Å². The average molecular weight is 365 g/mol. The van der Waals surface area contributed by atoms with Crippen LogP contribution in [-0.4, -0.2) is 41.9 Å². The van der Waals surface area contributed by atoms with Crippen LogP contribution >= 0.6 is 0 Å². The Hall–Kier alpha value is -3.08. The van der Waals surface area contributed by atoms with Crippen molar-refractivity contribution in [2.75, 3.05) is 20.2 Å². The average Bonchev–Trinajstić information content (AvgIpc) is 2.72. The van der Waals surface area contributed by atoms with E-state index >= 15 is 0 Å². The highest BCUT2D eigenvalue weighted by Crippen LogP contribution is 2.24. The number of carbonyl (C=O) groups excluding carboxylic acids is 2. The molecule has 0 radical (unpaired) electrons. The zero-order chi connectivity index (χ0) is 19.2. The molecule has 2 aromatic carbocycles. The molecule has 5 nitrogen and oxygen atoms in total. The largest absolute Gasteiger partial charge is 0.507 e. The molecule has 0 aliphatic carbocycles. The standard InChI is InChI=1S/C22H23NO4/c1-27-18-10-11-19(21(25)15-18)20(24)12-7-16-5-8-17(9-6-16)22(26)23-13-3-2-4-14-23/h5-12,15,25H,2-4,13-14H2,1H3/b12-7+. The summed E-state index contributed by atoms with van der Waals surface area (Å²) in [6.45, 7) is 1.64. The van der Waals surface area contributed by atoms with E-state index in [9.17, 15) is 14.7 Å². The molecule has 0 spiro atoms. The smallest absolute Gasteiger partial charge is 0.253 e. The number of phenolic OH excluding ortho intramolecular Hbond substituents is 1. The van der Waals surface area contributed by atoms with Gasteiger partial charge in [0.15, 0.2) is 5.78 Å². The van der Waals surface area contributed by atoms with E-state index in [0.29, 0.717) is 11.3 Å². The van der Waals surface area contributed by atoms with Crippen LogP contribution in [0.3, 0.4) is 0 Å². The van der Waals surface area contributed by atoms with Gasteiger partial charge in [-0.25, -0.2) is 0 Å². The fourth-order valence-electron chi connectivity index (χ4n) is 3.12. The van der Waals surface area contributed by atoms with Crippen molar-refractivity contribution in [2.24, 2.45) is 0 Å². The number of amides is 1. The van der Waals surface area contributed by atoms with Gasteiger partial charge in [-0.2, -0.15) is 0 Å². The number of carbonyl (C=O) groups is 2. The van der Waals surface area contributed by atoms with Crippen molar-refractivity contribution < 1.29 is 19.4 Å². The molecule has 0 saturated carbocycles. The normalized spacial score (nSPS) is 14.3. The van der Waals surface area contributed by atoms with Crippen LogP contribution in [0.5, 0.6) is 11.5 Å². The number of nitrogens with zero attached hydrogens (tertiary/aromatic N) is 1. The van der Waals surface area contributed by atoms with Crippen molar-refractivity contribution in [3.05, 3.63) is 65.2 Å². The Morgan fingerprint density at radius 3 is 2.37 bits per heavy atom. The minimum Gasteiger partial charge on any atom is -0.507 e. The molecule has 1 amide bonds. The topological polar surface area (TPSA) is 66.8 Å². The first-order chi connectivity index (χ1) is 13.1. The third kappa shape index (κ3) is 4.56. The molecular weight excluding hydrogens is 342 g/mol. The number of rotatable bonds is 5. The number of allylic oxidation sites excluding steroid dienone is 1. The molecule has 0 bridgehead atoms. The second-order valence-electron chi connectivity index (χ2n) is 6.56. The van der Waals surface area contributed by atoms with Crippen molar-refractivity contribution in [3.8, 4) is 11.5 Å². The molecule has 5 heteroatoms. The molecule has 1 fully saturated rings. The molecule has 3 rings (SSSR count). The van der Waals surface area contributed by atoms with Gasteiger partial charge in [-0.05, 0) is 55.2 Å². The van der Waals surface area contributed by atoms with Crippen LogP contribution < -0.4 is 4.74 Å². The van der Waals surface area contributed by atoms with E-state index in [-0.39, 0.29) is 23.0 Å². The predicted octanol–water partition coefficient (Wildman–Crippen LogP) is 3.92. The van der Waals surface area contributed by atoms with Crippen molar-refractivity contribution in [1.82, 2.24) is 4.90 Å². The summed E-state index contributed by atoms with van der Waals surface area (Å²) in [6, 6.07) is 11.8. The van der Waals surface area contributed by atoms with Crippen LogP contribution in [-0.2, 0) is 0 Å². The lowest BCUT2D eigenvalue weighted by atomic mass is 10.1. The Morgan fingerprint density at radius 2 is 1.74 bits per heavy atom. The number of phenols is 1. The second kappa shape index (κ2) is 8.54. The number of ketones is 1. The van der Waals surface area contributed by atoms with Gasteiger partial charge in [-0.3, -0.25) is 9.59 Å². The quantitative estimate of drug-likeness (QED) is 0.644. The molecule has 140 valence electrons. The van der Waals surface area contributed by atoms with E-state index in [1.165, 1.54) is 31.7 Å². The lowest BCUT2D eigenvalue weighted by Gasteiger charge is -2.26. The van der Waals surface area contributed by atoms with E-state index in [2.05, 4.69) is 0 Å². The summed E-state index contributed by atoms with van der Waals surface area (Å²) in [5, 5.41) is 9.93. The van der Waals surface area contributed by atoms with Crippen LogP contribution in [0.4, 0.5) is 0 Å². The number of methoxy groups -OCH3 is 1. The van der Waals surface area contributed by atoms with Crippen LogP contribution in [0, 0.1) is 0 Å². The maximum absolute atomic E-state index is 12.5. The zero-order valence-electron chi connectivity index (χ0n) is 15.4. The van der Waals surface area contributed by atoms with E-state index in [4.69, 9.17) is 4.74 Å². The van der Waals surface area contributed by atoms with Gasteiger partial charge < -0.3 is 14.7 Å². The lowest BCUT2D eigenvalue weighted by Crippen LogP contribution is -2.35. The summed E-state index contributed by atoms with van der Waals surface area (Å²) in [7, 11) is 1.50. The fraction of sp³-hybridized carbons (Fsp3) is 0.273. The molecule has 0 atom stereocenters. The molecule has 2 aromatic rings. The Kier molecular flexibility index (Phi) is 5.91. The first kappa shape index (κ1) is 18.7. The van der Waals surface area contributed by atoms with E-state index in [1.807, 2.05) is 17.0 Å². The van der Waals surface area contributed by atoms with E-state index in [0.717, 1.165) is 31.5 Å². The monoisotopic (exact) mass is 365 g/mol. The Labute approximate surface area is 158 Å². The number of hydrogen-bond acceptors (Lipinski definition) is 4. The van der Waals surface area contributed by atoms with Crippen molar-refractivity contribution in [2.45, 2.75) is 19.3 Å². The summed E-state index contributed by atoms with van der Waals surface area (Å²) in [5.74, 6) is 0.126. The summed E-state index contributed by atoms with van der Waals surface area (Å²) in [6.07, 6.45) is 6.38. The highest BCUT2D eigenvalue weighted by molar-refractivity contribution is 6.08. The fourth-order valence-corrected chi connectivity index (χ4v) is 3.12. The van der Waals surface area contributed by atoms with E-state index < -0.39 is 0 Å². The molecular formula is C22H23NO4. The third-order valence-electron chi connectivity index (χ3n) is 4.70. The van der Waals surface area contributed by atoms with Crippen LogP contribution in [0.25, 0.3) is 6.08 Å².